The Morgan fingerprint density at radius 2 is 2.17 bits per heavy atom. The summed E-state index contributed by atoms with van der Waals surface area (Å²) in [5.74, 6) is 2.48. The summed E-state index contributed by atoms with van der Waals surface area (Å²) in [4.78, 5) is 0. The minimum atomic E-state index is 0.789. The van der Waals surface area contributed by atoms with Crippen LogP contribution in [0.25, 0.3) is 0 Å². The summed E-state index contributed by atoms with van der Waals surface area (Å²) in [5.41, 5.74) is 0. The van der Waals surface area contributed by atoms with Crippen molar-refractivity contribution in [3.05, 3.63) is 0 Å². The van der Waals surface area contributed by atoms with E-state index in [4.69, 9.17) is 4.74 Å². The highest BCUT2D eigenvalue weighted by Crippen LogP contribution is 2.30. The number of rotatable bonds is 4. The van der Waals surface area contributed by atoms with E-state index in [1.165, 1.54) is 19.3 Å². The first-order valence-corrected chi connectivity index (χ1v) is 5.33. The third-order valence-corrected chi connectivity index (χ3v) is 3.17. The topological polar surface area (TPSA) is 9.23 Å². The maximum Gasteiger partial charge on any atom is 0.0500 e. The molecule has 3 atom stereocenters. The van der Waals surface area contributed by atoms with E-state index in [0.29, 0.717) is 0 Å². The molecule has 1 heteroatoms. The van der Waals surface area contributed by atoms with Crippen LogP contribution in [0, 0.1) is 17.8 Å². The Labute approximate surface area is 76.5 Å². The molecule has 12 heavy (non-hydrogen) atoms. The van der Waals surface area contributed by atoms with E-state index in [1.54, 1.807) is 0 Å². The molecule has 0 saturated carbocycles. The zero-order chi connectivity index (χ0) is 8.97. The van der Waals surface area contributed by atoms with Crippen molar-refractivity contribution < 1.29 is 4.74 Å². The van der Waals surface area contributed by atoms with Gasteiger partial charge in [0.25, 0.3) is 0 Å². The van der Waals surface area contributed by atoms with Gasteiger partial charge < -0.3 is 4.74 Å². The highest BCUT2D eigenvalue weighted by atomic mass is 16.5. The third kappa shape index (κ3) is 2.48. The molecule has 0 radical (unpaired) electrons. The molecule has 1 heterocycles. The maximum atomic E-state index is 5.47. The van der Waals surface area contributed by atoms with Crippen LogP contribution in [0.5, 0.6) is 0 Å². The van der Waals surface area contributed by atoms with E-state index in [2.05, 4.69) is 20.8 Å². The lowest BCUT2D eigenvalue weighted by molar-refractivity contribution is 0.171. The summed E-state index contributed by atoms with van der Waals surface area (Å²) in [5, 5.41) is 0. The van der Waals surface area contributed by atoms with Gasteiger partial charge in [-0.15, -0.1) is 0 Å². The molecule has 0 aromatic carbocycles. The molecule has 0 bridgehead atoms. The van der Waals surface area contributed by atoms with Gasteiger partial charge in [0.2, 0.25) is 0 Å². The average molecular weight is 170 g/mol. The summed E-state index contributed by atoms with van der Waals surface area (Å²) < 4.78 is 5.47. The van der Waals surface area contributed by atoms with Crippen LogP contribution < -0.4 is 0 Å². The molecule has 0 amide bonds. The van der Waals surface area contributed by atoms with Crippen LogP contribution in [0.2, 0.25) is 0 Å². The van der Waals surface area contributed by atoms with E-state index in [9.17, 15) is 0 Å². The van der Waals surface area contributed by atoms with Gasteiger partial charge in [0.15, 0.2) is 0 Å². The van der Waals surface area contributed by atoms with E-state index in [-0.39, 0.29) is 0 Å². The van der Waals surface area contributed by atoms with Crippen LogP contribution in [0.3, 0.4) is 0 Å². The molecular weight excluding hydrogens is 148 g/mol. The van der Waals surface area contributed by atoms with Gasteiger partial charge in [0.1, 0.15) is 0 Å². The average Bonchev–Trinajstić information content (AvgIpc) is 2.47. The fourth-order valence-electron chi connectivity index (χ4n) is 2.14. The molecule has 1 aliphatic heterocycles. The van der Waals surface area contributed by atoms with Gasteiger partial charge in [-0.3, -0.25) is 0 Å². The van der Waals surface area contributed by atoms with Crippen molar-refractivity contribution in [1.82, 2.24) is 0 Å². The number of unbranched alkanes of at least 4 members (excludes halogenated alkanes) is 1. The monoisotopic (exact) mass is 170 g/mol. The number of ether oxygens (including phenoxy) is 1. The minimum absolute atomic E-state index is 0.789. The second-order valence-electron chi connectivity index (χ2n) is 4.30. The molecule has 0 aromatic rings. The summed E-state index contributed by atoms with van der Waals surface area (Å²) in [6.07, 6.45) is 4.09. The van der Waals surface area contributed by atoms with Crippen molar-refractivity contribution in [2.24, 2.45) is 17.8 Å². The van der Waals surface area contributed by atoms with Gasteiger partial charge in [-0.05, 0) is 17.8 Å². The molecule has 0 unspecified atom stereocenters. The van der Waals surface area contributed by atoms with E-state index >= 15 is 0 Å². The second kappa shape index (κ2) is 4.86. The van der Waals surface area contributed by atoms with Crippen LogP contribution in [0.15, 0.2) is 0 Å². The van der Waals surface area contributed by atoms with Gasteiger partial charge in [-0.1, -0.05) is 40.0 Å². The fourth-order valence-corrected chi connectivity index (χ4v) is 2.14. The van der Waals surface area contributed by atoms with Crippen LogP contribution in [-0.2, 0) is 4.74 Å². The largest absolute Gasteiger partial charge is 0.381 e. The van der Waals surface area contributed by atoms with Crippen molar-refractivity contribution in [2.45, 2.75) is 40.0 Å². The standard InChI is InChI=1S/C11H22O/c1-4-5-6-9(2)11-8-12-7-10(11)3/h9-11H,4-8H2,1-3H3/t9-,10+,11+/m1/s1. The van der Waals surface area contributed by atoms with Gasteiger partial charge in [0.05, 0.1) is 0 Å². The van der Waals surface area contributed by atoms with E-state index < -0.39 is 0 Å². The lowest BCUT2D eigenvalue weighted by Crippen LogP contribution is -2.17. The van der Waals surface area contributed by atoms with Crippen molar-refractivity contribution in [2.75, 3.05) is 13.2 Å². The van der Waals surface area contributed by atoms with E-state index in [1.807, 2.05) is 0 Å². The van der Waals surface area contributed by atoms with Crippen LogP contribution in [0.4, 0.5) is 0 Å². The third-order valence-electron chi connectivity index (χ3n) is 3.17. The Morgan fingerprint density at radius 1 is 1.42 bits per heavy atom. The lowest BCUT2D eigenvalue weighted by Gasteiger charge is -2.21. The van der Waals surface area contributed by atoms with Gasteiger partial charge in [0, 0.05) is 13.2 Å². The zero-order valence-corrected chi connectivity index (χ0v) is 8.68. The maximum absolute atomic E-state index is 5.47. The van der Waals surface area contributed by atoms with Crippen molar-refractivity contribution in [1.29, 1.82) is 0 Å². The Bertz CT molecular complexity index is 122. The van der Waals surface area contributed by atoms with Gasteiger partial charge in [-0.2, -0.15) is 0 Å². The predicted octanol–water partition coefficient (Wildman–Crippen LogP) is 3.10. The molecule has 72 valence electrons. The highest BCUT2D eigenvalue weighted by Gasteiger charge is 2.28. The van der Waals surface area contributed by atoms with Crippen LogP contribution in [0.1, 0.15) is 40.0 Å². The fraction of sp³-hybridized carbons (Fsp3) is 1.00. The molecule has 1 rings (SSSR count). The Balaban J connectivity index is 2.25. The lowest BCUT2D eigenvalue weighted by atomic mass is 9.83. The summed E-state index contributed by atoms with van der Waals surface area (Å²) in [7, 11) is 0. The Morgan fingerprint density at radius 3 is 2.67 bits per heavy atom. The summed E-state index contributed by atoms with van der Waals surface area (Å²) in [6.45, 7) is 8.96. The van der Waals surface area contributed by atoms with Crippen LogP contribution in [-0.4, -0.2) is 13.2 Å². The molecule has 1 aliphatic rings. The Hall–Kier alpha value is -0.0400. The molecule has 0 N–H and O–H groups in total. The first-order chi connectivity index (χ1) is 5.75. The second-order valence-corrected chi connectivity index (χ2v) is 4.30. The van der Waals surface area contributed by atoms with Crippen LogP contribution >= 0.6 is 0 Å². The molecule has 0 spiro atoms. The highest BCUT2D eigenvalue weighted by molar-refractivity contribution is 4.76. The quantitative estimate of drug-likeness (QED) is 0.630. The Kier molecular flexibility index (Phi) is 4.07. The summed E-state index contributed by atoms with van der Waals surface area (Å²) in [6, 6.07) is 0. The summed E-state index contributed by atoms with van der Waals surface area (Å²) >= 11 is 0. The normalized spacial score (nSPS) is 32.2. The molecule has 1 nitrogen and oxygen atoms in total. The minimum Gasteiger partial charge on any atom is -0.381 e. The van der Waals surface area contributed by atoms with Crippen molar-refractivity contribution in [3.8, 4) is 0 Å². The van der Waals surface area contributed by atoms with Crippen molar-refractivity contribution >= 4 is 0 Å². The molecule has 0 aliphatic carbocycles. The SMILES string of the molecule is CCCC[C@@H](C)[C@@H]1COC[C@@H]1C. The molecule has 1 saturated heterocycles. The van der Waals surface area contributed by atoms with Gasteiger partial charge >= 0.3 is 0 Å². The molecule has 0 aromatic heterocycles. The smallest absolute Gasteiger partial charge is 0.0500 e. The molecule has 1 fully saturated rings. The first kappa shape index (κ1) is 10.0. The number of hydrogen-bond donors (Lipinski definition) is 0. The van der Waals surface area contributed by atoms with Crippen molar-refractivity contribution in [3.63, 3.8) is 0 Å². The van der Waals surface area contributed by atoms with Gasteiger partial charge in [-0.25, -0.2) is 0 Å². The zero-order valence-electron chi connectivity index (χ0n) is 8.68. The predicted molar refractivity (Wildman–Crippen MR) is 52.2 cm³/mol. The van der Waals surface area contributed by atoms with E-state index in [0.717, 1.165) is 31.0 Å². The molecular formula is C11H22O. The number of hydrogen-bond acceptors (Lipinski definition) is 1. The first-order valence-electron chi connectivity index (χ1n) is 5.33.